The van der Waals surface area contributed by atoms with E-state index in [1.54, 1.807) is 16.7 Å². The average Bonchev–Trinajstić information content (AvgIpc) is 2.91. The third-order valence-corrected chi connectivity index (χ3v) is 3.54. The van der Waals surface area contributed by atoms with Gasteiger partial charge in [0.1, 0.15) is 11.6 Å². The molecule has 2 aromatic rings. The Kier molecular flexibility index (Phi) is 4.04. The van der Waals surface area contributed by atoms with E-state index in [0.717, 1.165) is 17.8 Å². The van der Waals surface area contributed by atoms with Crippen molar-refractivity contribution in [2.24, 2.45) is 0 Å². The highest BCUT2D eigenvalue weighted by molar-refractivity contribution is 5.27. The van der Waals surface area contributed by atoms with E-state index in [0.29, 0.717) is 12.6 Å². The molecule has 0 aliphatic carbocycles. The van der Waals surface area contributed by atoms with Crippen molar-refractivity contribution >= 4 is 0 Å². The van der Waals surface area contributed by atoms with E-state index in [1.165, 1.54) is 0 Å². The molecule has 0 N–H and O–H groups in total. The zero-order valence-electron chi connectivity index (χ0n) is 12.0. The molecule has 2 aromatic heterocycles. The second kappa shape index (κ2) is 5.74. The van der Waals surface area contributed by atoms with Gasteiger partial charge in [-0.05, 0) is 38.5 Å². The summed E-state index contributed by atoms with van der Waals surface area (Å²) in [6.07, 6.45) is 2.93. The largest absolute Gasteiger partial charge is 0.306 e. The highest BCUT2D eigenvalue weighted by Gasteiger charge is 2.09. The van der Waals surface area contributed by atoms with Gasteiger partial charge in [-0.2, -0.15) is 10.4 Å². The van der Waals surface area contributed by atoms with Crippen LogP contribution in [-0.4, -0.2) is 14.3 Å². The van der Waals surface area contributed by atoms with E-state index in [9.17, 15) is 4.79 Å². The Hall–Kier alpha value is -2.35. The number of hydrogen-bond acceptors (Lipinski definition) is 3. The molecule has 20 heavy (non-hydrogen) atoms. The summed E-state index contributed by atoms with van der Waals surface area (Å²) in [4.78, 5) is 12.1. The fourth-order valence-electron chi connectivity index (χ4n) is 2.01. The van der Waals surface area contributed by atoms with E-state index in [2.05, 4.69) is 18.9 Å². The summed E-state index contributed by atoms with van der Waals surface area (Å²) in [6.45, 7) is 6.46. The molecule has 0 saturated heterocycles. The second-order valence-corrected chi connectivity index (χ2v) is 4.94. The Balaban J connectivity index is 2.33. The normalized spacial score (nSPS) is 12.1. The Bertz CT molecular complexity index is 705. The summed E-state index contributed by atoms with van der Waals surface area (Å²) < 4.78 is 3.49. The van der Waals surface area contributed by atoms with Crippen molar-refractivity contribution in [3.63, 3.8) is 0 Å². The summed E-state index contributed by atoms with van der Waals surface area (Å²) in [5.41, 5.74) is 1.56. The predicted molar refractivity (Wildman–Crippen MR) is 76.5 cm³/mol. The summed E-state index contributed by atoms with van der Waals surface area (Å²) in [7, 11) is 0. The zero-order chi connectivity index (χ0) is 14.7. The summed E-state index contributed by atoms with van der Waals surface area (Å²) in [5.74, 6) is 0. The van der Waals surface area contributed by atoms with Gasteiger partial charge >= 0.3 is 0 Å². The first-order chi connectivity index (χ1) is 9.56. The topological polar surface area (TPSA) is 63.6 Å². The van der Waals surface area contributed by atoms with Gasteiger partial charge in [0.05, 0.1) is 12.2 Å². The molecule has 0 saturated carbocycles. The molecule has 0 spiro atoms. The van der Waals surface area contributed by atoms with Gasteiger partial charge < -0.3 is 4.57 Å². The van der Waals surface area contributed by atoms with Crippen molar-refractivity contribution < 1.29 is 0 Å². The molecule has 0 fully saturated rings. The fraction of sp³-hybridized carbons (Fsp3) is 0.400. The van der Waals surface area contributed by atoms with E-state index in [4.69, 9.17) is 5.26 Å². The minimum absolute atomic E-state index is 0.164. The molecule has 1 atom stereocenters. The van der Waals surface area contributed by atoms with Crippen LogP contribution in [0, 0.1) is 18.3 Å². The average molecular weight is 270 g/mol. The van der Waals surface area contributed by atoms with Crippen LogP contribution in [0.15, 0.2) is 29.2 Å². The minimum atomic E-state index is -0.259. The smallest absolute Gasteiger partial charge is 0.269 e. The summed E-state index contributed by atoms with van der Waals surface area (Å²) in [5, 5.41) is 13.4. The van der Waals surface area contributed by atoms with E-state index < -0.39 is 0 Å². The zero-order valence-corrected chi connectivity index (χ0v) is 12.0. The Labute approximate surface area is 118 Å². The lowest BCUT2D eigenvalue weighted by molar-refractivity contribution is 0.471. The lowest BCUT2D eigenvalue weighted by Gasteiger charge is -2.10. The highest BCUT2D eigenvalue weighted by Crippen LogP contribution is 2.10. The van der Waals surface area contributed by atoms with E-state index in [1.807, 2.05) is 29.9 Å². The Morgan fingerprint density at radius 1 is 1.40 bits per heavy atom. The molecule has 0 aliphatic heterocycles. The van der Waals surface area contributed by atoms with Crippen LogP contribution in [0.4, 0.5) is 0 Å². The van der Waals surface area contributed by atoms with Crippen molar-refractivity contribution in [1.82, 2.24) is 14.3 Å². The number of aryl methyl sites for hydroxylation is 1. The number of aromatic nitrogens is 3. The molecule has 2 rings (SSSR count). The molecular formula is C15H18N4O. The van der Waals surface area contributed by atoms with Crippen LogP contribution >= 0.6 is 0 Å². The van der Waals surface area contributed by atoms with Gasteiger partial charge in [0, 0.05) is 17.9 Å². The monoisotopic (exact) mass is 270 g/mol. The molecule has 5 heteroatoms. The molecule has 2 heterocycles. The van der Waals surface area contributed by atoms with Crippen LogP contribution in [0.2, 0.25) is 0 Å². The number of pyridine rings is 1. The summed E-state index contributed by atoms with van der Waals surface area (Å²) >= 11 is 0. The maximum Gasteiger partial charge on any atom is 0.269 e. The first-order valence-corrected chi connectivity index (χ1v) is 6.71. The molecular weight excluding hydrogens is 252 g/mol. The van der Waals surface area contributed by atoms with Crippen LogP contribution < -0.4 is 5.56 Å². The summed E-state index contributed by atoms with van der Waals surface area (Å²) in [6, 6.07) is 7.52. The van der Waals surface area contributed by atoms with Crippen molar-refractivity contribution in [2.75, 3.05) is 0 Å². The van der Waals surface area contributed by atoms with Crippen molar-refractivity contribution in [3.05, 3.63) is 51.7 Å². The molecule has 0 radical (unpaired) electrons. The van der Waals surface area contributed by atoms with Gasteiger partial charge in [0.15, 0.2) is 0 Å². The van der Waals surface area contributed by atoms with Crippen molar-refractivity contribution in [2.45, 2.75) is 39.8 Å². The van der Waals surface area contributed by atoms with Gasteiger partial charge in [-0.15, -0.1) is 0 Å². The van der Waals surface area contributed by atoms with Crippen molar-refractivity contribution in [3.8, 4) is 6.07 Å². The molecule has 0 bridgehead atoms. The predicted octanol–water partition coefficient (Wildman–Crippen LogP) is 2.24. The van der Waals surface area contributed by atoms with Crippen molar-refractivity contribution in [1.29, 1.82) is 5.26 Å². The second-order valence-electron chi connectivity index (χ2n) is 4.94. The van der Waals surface area contributed by atoms with Crippen LogP contribution in [0.5, 0.6) is 0 Å². The van der Waals surface area contributed by atoms with Gasteiger partial charge in [0.25, 0.3) is 5.56 Å². The molecule has 1 unspecified atom stereocenters. The number of nitriles is 1. The molecule has 5 nitrogen and oxygen atoms in total. The molecule has 0 aromatic carbocycles. The van der Waals surface area contributed by atoms with Crippen LogP contribution in [-0.2, 0) is 6.54 Å². The lowest BCUT2D eigenvalue weighted by atomic mass is 10.2. The van der Waals surface area contributed by atoms with E-state index in [-0.39, 0.29) is 11.1 Å². The number of hydrogen-bond donors (Lipinski definition) is 0. The van der Waals surface area contributed by atoms with Gasteiger partial charge in [-0.1, -0.05) is 6.92 Å². The first-order valence-electron chi connectivity index (χ1n) is 6.71. The lowest BCUT2D eigenvalue weighted by Crippen LogP contribution is -2.25. The maximum absolute atomic E-state index is 12.1. The van der Waals surface area contributed by atoms with E-state index >= 15 is 0 Å². The quantitative estimate of drug-likeness (QED) is 0.856. The van der Waals surface area contributed by atoms with Gasteiger partial charge in [0.2, 0.25) is 0 Å². The van der Waals surface area contributed by atoms with Crippen LogP contribution in [0.25, 0.3) is 0 Å². The third-order valence-electron chi connectivity index (χ3n) is 3.54. The number of nitrogens with zero attached hydrogens (tertiary/aromatic N) is 4. The first kappa shape index (κ1) is 14.1. The van der Waals surface area contributed by atoms with Gasteiger partial charge in [-0.3, -0.25) is 9.48 Å². The Morgan fingerprint density at radius 2 is 2.15 bits per heavy atom. The van der Waals surface area contributed by atoms with Gasteiger partial charge in [-0.25, -0.2) is 0 Å². The Morgan fingerprint density at radius 3 is 2.80 bits per heavy atom. The fourth-order valence-corrected chi connectivity index (χ4v) is 2.01. The standard InChI is InChI=1S/C15H18N4O/c1-4-11(2)19-8-7-14(17-19)10-18-12(3)5-6-13(9-16)15(18)20/h5-8,11H,4,10H2,1-3H3. The SMILES string of the molecule is CCC(C)n1ccc(Cn2c(C)ccc(C#N)c2=O)n1. The highest BCUT2D eigenvalue weighted by atomic mass is 16.1. The number of rotatable bonds is 4. The van der Waals surface area contributed by atoms with Crippen LogP contribution in [0.1, 0.15) is 43.3 Å². The maximum atomic E-state index is 12.1. The molecule has 0 aliphatic rings. The minimum Gasteiger partial charge on any atom is -0.306 e. The molecule has 0 amide bonds. The molecule has 104 valence electrons. The third kappa shape index (κ3) is 2.64. The van der Waals surface area contributed by atoms with Crippen LogP contribution in [0.3, 0.4) is 0 Å².